The maximum absolute atomic E-state index is 6.20. The second-order valence-corrected chi connectivity index (χ2v) is 6.59. The predicted molar refractivity (Wildman–Crippen MR) is 96.0 cm³/mol. The first-order valence-corrected chi connectivity index (χ1v) is 8.07. The van der Waals surface area contributed by atoms with Gasteiger partial charge in [-0.3, -0.25) is 0 Å². The van der Waals surface area contributed by atoms with Gasteiger partial charge in [-0.05, 0) is 47.9 Å². The summed E-state index contributed by atoms with van der Waals surface area (Å²) in [6, 6.07) is 16.6. The molecule has 1 aromatic heterocycles. The minimum absolute atomic E-state index is 0.766. The van der Waals surface area contributed by atoms with Gasteiger partial charge in [0.15, 0.2) is 0 Å². The molecular formula is C20H14ClNO. The number of rotatable bonds is 0. The van der Waals surface area contributed by atoms with Crippen molar-refractivity contribution in [2.45, 2.75) is 13.3 Å². The Morgan fingerprint density at radius 1 is 0.957 bits per heavy atom. The first kappa shape index (κ1) is 13.0. The molecule has 4 aromatic rings. The van der Waals surface area contributed by atoms with E-state index < -0.39 is 0 Å². The molecule has 0 unspecified atom stereocenters. The average Bonchev–Trinajstić information content (AvgIpc) is 2.88. The molecular weight excluding hydrogens is 306 g/mol. The number of fused-ring (bicyclic) bond motifs is 5. The zero-order valence-corrected chi connectivity index (χ0v) is 13.4. The van der Waals surface area contributed by atoms with E-state index >= 15 is 0 Å². The highest BCUT2D eigenvalue weighted by Gasteiger charge is 2.19. The van der Waals surface area contributed by atoms with Crippen molar-refractivity contribution < 1.29 is 4.42 Å². The Labute approximate surface area is 138 Å². The van der Waals surface area contributed by atoms with Crippen LogP contribution >= 0.6 is 11.6 Å². The van der Waals surface area contributed by atoms with Gasteiger partial charge < -0.3 is 9.73 Å². The quantitative estimate of drug-likeness (QED) is 0.368. The standard InChI is InChI=1S/C20H14ClNO/c1-11-6-13(21)9-18-15(11)7-12-8-16-14-4-2-3-5-19(14)23-20(16)10-17(12)22-18/h2-6,8-10,22H,7H2,1H3. The van der Waals surface area contributed by atoms with Crippen molar-refractivity contribution in [2.24, 2.45) is 0 Å². The number of halogens is 1. The van der Waals surface area contributed by atoms with Crippen LogP contribution in [0.25, 0.3) is 21.9 Å². The van der Waals surface area contributed by atoms with E-state index in [4.69, 9.17) is 16.0 Å². The Bertz CT molecular complexity index is 1090. The number of nitrogens with one attached hydrogen (secondary N) is 1. The van der Waals surface area contributed by atoms with Crippen molar-refractivity contribution in [2.75, 3.05) is 5.32 Å². The fourth-order valence-electron chi connectivity index (χ4n) is 3.53. The van der Waals surface area contributed by atoms with Crippen LogP contribution in [0.5, 0.6) is 0 Å². The molecule has 3 heteroatoms. The molecule has 1 N–H and O–H groups in total. The van der Waals surface area contributed by atoms with Gasteiger partial charge in [0.2, 0.25) is 0 Å². The highest BCUT2D eigenvalue weighted by atomic mass is 35.5. The van der Waals surface area contributed by atoms with Gasteiger partial charge in [0.05, 0.1) is 0 Å². The minimum atomic E-state index is 0.766. The SMILES string of the molecule is Cc1cc(Cl)cc2c1Cc1cc3c(cc1N2)oc1ccccc13. The van der Waals surface area contributed by atoms with Gasteiger partial charge >= 0.3 is 0 Å². The molecule has 3 aromatic carbocycles. The van der Waals surface area contributed by atoms with E-state index in [1.165, 1.54) is 27.5 Å². The van der Waals surface area contributed by atoms with E-state index in [9.17, 15) is 0 Å². The molecule has 2 heterocycles. The normalized spacial score (nSPS) is 13.0. The summed E-state index contributed by atoms with van der Waals surface area (Å²) >= 11 is 6.20. The van der Waals surface area contributed by atoms with Gasteiger partial charge in [0.25, 0.3) is 0 Å². The fraction of sp³-hybridized carbons (Fsp3) is 0.100. The minimum Gasteiger partial charge on any atom is -0.456 e. The first-order chi connectivity index (χ1) is 11.2. The van der Waals surface area contributed by atoms with E-state index in [2.05, 4.69) is 36.5 Å². The molecule has 1 aliphatic rings. The molecule has 0 aliphatic carbocycles. The summed E-state index contributed by atoms with van der Waals surface area (Å²) in [4.78, 5) is 0. The van der Waals surface area contributed by atoms with Crippen molar-refractivity contribution >= 4 is 44.9 Å². The number of hydrogen-bond acceptors (Lipinski definition) is 2. The molecule has 1 aliphatic heterocycles. The molecule has 23 heavy (non-hydrogen) atoms. The number of benzene rings is 3. The molecule has 0 saturated carbocycles. The fourth-order valence-corrected chi connectivity index (χ4v) is 3.81. The van der Waals surface area contributed by atoms with Gasteiger partial charge in [-0.25, -0.2) is 0 Å². The summed E-state index contributed by atoms with van der Waals surface area (Å²) in [7, 11) is 0. The zero-order chi connectivity index (χ0) is 15.6. The molecule has 0 spiro atoms. The van der Waals surface area contributed by atoms with Gasteiger partial charge in [-0.1, -0.05) is 29.8 Å². The lowest BCUT2D eigenvalue weighted by molar-refractivity contribution is 0.669. The number of anilines is 2. The monoisotopic (exact) mass is 319 g/mol. The summed E-state index contributed by atoms with van der Waals surface area (Å²) in [5.74, 6) is 0. The maximum atomic E-state index is 6.20. The van der Waals surface area contributed by atoms with Gasteiger partial charge in [-0.15, -0.1) is 0 Å². The summed E-state index contributed by atoms with van der Waals surface area (Å²) in [6.45, 7) is 2.11. The topological polar surface area (TPSA) is 25.2 Å². The molecule has 0 saturated heterocycles. The number of furan rings is 1. The predicted octanol–water partition coefficient (Wildman–Crippen LogP) is 6.20. The van der Waals surface area contributed by atoms with Crippen molar-refractivity contribution in [3.63, 3.8) is 0 Å². The average molecular weight is 320 g/mol. The largest absolute Gasteiger partial charge is 0.456 e. The zero-order valence-electron chi connectivity index (χ0n) is 12.6. The van der Waals surface area contributed by atoms with E-state index in [0.29, 0.717) is 0 Å². The van der Waals surface area contributed by atoms with Crippen LogP contribution in [0, 0.1) is 6.92 Å². The van der Waals surface area contributed by atoms with E-state index in [0.717, 1.165) is 34.0 Å². The molecule has 5 rings (SSSR count). The molecule has 0 atom stereocenters. The molecule has 2 nitrogen and oxygen atoms in total. The van der Waals surface area contributed by atoms with Crippen LogP contribution in [0.4, 0.5) is 11.4 Å². The van der Waals surface area contributed by atoms with Crippen LogP contribution in [0.3, 0.4) is 0 Å². The third kappa shape index (κ3) is 1.88. The number of hydrogen-bond donors (Lipinski definition) is 1. The molecule has 0 bridgehead atoms. The van der Waals surface area contributed by atoms with Crippen LogP contribution in [0.1, 0.15) is 16.7 Å². The lowest BCUT2D eigenvalue weighted by Gasteiger charge is -2.23. The van der Waals surface area contributed by atoms with Gasteiger partial charge in [-0.2, -0.15) is 0 Å². The summed E-state index contributed by atoms with van der Waals surface area (Å²) in [5.41, 5.74) is 7.88. The van der Waals surface area contributed by atoms with Crippen molar-refractivity contribution in [1.82, 2.24) is 0 Å². The van der Waals surface area contributed by atoms with Crippen LogP contribution < -0.4 is 5.32 Å². The third-order valence-corrected chi connectivity index (χ3v) is 4.90. The number of aryl methyl sites for hydroxylation is 1. The Hall–Kier alpha value is -2.45. The summed E-state index contributed by atoms with van der Waals surface area (Å²) in [6.07, 6.45) is 0.913. The lowest BCUT2D eigenvalue weighted by Crippen LogP contribution is -2.08. The Balaban J connectivity index is 1.76. The Morgan fingerprint density at radius 2 is 1.83 bits per heavy atom. The third-order valence-electron chi connectivity index (χ3n) is 4.68. The van der Waals surface area contributed by atoms with Crippen molar-refractivity contribution in [3.8, 4) is 0 Å². The van der Waals surface area contributed by atoms with Crippen molar-refractivity contribution in [3.05, 3.63) is 70.2 Å². The second kappa shape index (κ2) is 4.53. The van der Waals surface area contributed by atoms with E-state index in [1.807, 2.05) is 24.3 Å². The van der Waals surface area contributed by atoms with Crippen LogP contribution in [0.2, 0.25) is 5.02 Å². The van der Waals surface area contributed by atoms with Crippen molar-refractivity contribution in [1.29, 1.82) is 0 Å². The lowest BCUT2D eigenvalue weighted by atomic mass is 9.93. The summed E-state index contributed by atoms with van der Waals surface area (Å²) < 4.78 is 5.99. The molecule has 0 fully saturated rings. The van der Waals surface area contributed by atoms with Gasteiger partial charge in [0.1, 0.15) is 11.2 Å². The van der Waals surface area contributed by atoms with Crippen LogP contribution in [0.15, 0.2) is 52.9 Å². The maximum Gasteiger partial charge on any atom is 0.137 e. The summed E-state index contributed by atoms with van der Waals surface area (Å²) in [5, 5.41) is 6.63. The molecule has 0 amide bonds. The van der Waals surface area contributed by atoms with E-state index in [1.54, 1.807) is 0 Å². The Morgan fingerprint density at radius 3 is 2.74 bits per heavy atom. The Kier molecular flexibility index (Phi) is 2.56. The second-order valence-electron chi connectivity index (χ2n) is 6.15. The van der Waals surface area contributed by atoms with Crippen LogP contribution in [-0.4, -0.2) is 0 Å². The number of para-hydroxylation sites is 1. The highest BCUT2D eigenvalue weighted by Crippen LogP contribution is 2.40. The van der Waals surface area contributed by atoms with Crippen LogP contribution in [-0.2, 0) is 6.42 Å². The highest BCUT2D eigenvalue weighted by molar-refractivity contribution is 6.31. The molecule has 112 valence electrons. The smallest absolute Gasteiger partial charge is 0.137 e. The first-order valence-electron chi connectivity index (χ1n) is 7.69. The van der Waals surface area contributed by atoms with E-state index in [-0.39, 0.29) is 0 Å². The molecule has 0 radical (unpaired) electrons. The van der Waals surface area contributed by atoms with Gasteiger partial charge in [0, 0.05) is 39.7 Å².